The maximum Gasteiger partial charge on any atom is 0.257 e. The number of hydrogen-bond acceptors (Lipinski definition) is 1. The summed E-state index contributed by atoms with van der Waals surface area (Å²) in [5.74, 6) is -2.12. The van der Waals surface area contributed by atoms with Crippen molar-refractivity contribution >= 4 is 0 Å². The molecule has 0 aromatic heterocycles. The van der Waals surface area contributed by atoms with Gasteiger partial charge >= 0.3 is 0 Å². The predicted molar refractivity (Wildman–Crippen MR) is 54.3 cm³/mol. The fraction of sp³-hybridized carbons (Fsp3) is 1.00. The molecule has 0 radical (unpaired) electrons. The molecule has 0 bridgehead atoms. The molecular weight excluding hydrogens is 172 g/mol. The zero-order chi connectivity index (χ0) is 11.1. The van der Waals surface area contributed by atoms with Gasteiger partial charge in [-0.25, -0.2) is 8.78 Å². The molecule has 0 spiro atoms. The lowest BCUT2D eigenvalue weighted by atomic mass is 10.2. The van der Waals surface area contributed by atoms with E-state index >= 15 is 0 Å². The van der Waals surface area contributed by atoms with E-state index in [2.05, 4.69) is 0 Å². The lowest BCUT2D eigenvalue weighted by Gasteiger charge is -2.22. The molecule has 1 nitrogen and oxygen atoms in total. The Morgan fingerprint density at radius 1 is 1.23 bits per heavy atom. The summed E-state index contributed by atoms with van der Waals surface area (Å²) in [4.78, 5) is 1.66. The van der Waals surface area contributed by atoms with Gasteiger partial charge in [-0.1, -0.05) is 27.7 Å². The molecular formula is C10H23F2N. The normalized spacial score (nSPS) is 11.5. The molecule has 13 heavy (non-hydrogen) atoms. The summed E-state index contributed by atoms with van der Waals surface area (Å²) >= 11 is 0. The fourth-order valence-corrected chi connectivity index (χ4v) is 1.16. The first-order valence-electron chi connectivity index (χ1n) is 4.87. The monoisotopic (exact) mass is 195 g/mol. The molecule has 0 N–H and O–H groups in total. The van der Waals surface area contributed by atoms with E-state index < -0.39 is 5.92 Å². The van der Waals surface area contributed by atoms with Crippen molar-refractivity contribution in [1.29, 1.82) is 0 Å². The molecule has 0 amide bonds. The summed E-state index contributed by atoms with van der Waals surface area (Å²) in [5.41, 5.74) is 0. The number of rotatable bonds is 4. The molecule has 0 unspecified atom stereocenters. The quantitative estimate of drug-likeness (QED) is 0.665. The Bertz CT molecular complexity index is 108. The van der Waals surface area contributed by atoms with Gasteiger partial charge in [0.25, 0.3) is 5.92 Å². The van der Waals surface area contributed by atoms with Gasteiger partial charge in [0.1, 0.15) is 0 Å². The van der Waals surface area contributed by atoms with E-state index in [0.717, 1.165) is 13.5 Å². The maximum atomic E-state index is 12.4. The van der Waals surface area contributed by atoms with Crippen LogP contribution in [0.3, 0.4) is 0 Å². The average molecular weight is 195 g/mol. The molecule has 3 heteroatoms. The number of halogens is 2. The first-order valence-corrected chi connectivity index (χ1v) is 4.87. The molecule has 0 saturated carbocycles. The summed E-state index contributed by atoms with van der Waals surface area (Å²) < 4.78 is 24.8. The third-order valence-electron chi connectivity index (χ3n) is 1.22. The highest BCUT2D eigenvalue weighted by Crippen LogP contribution is 2.13. The molecule has 0 aromatic rings. The summed E-state index contributed by atoms with van der Waals surface area (Å²) in [6.45, 7) is 9.56. The Hall–Kier alpha value is -0.180. The Kier molecular flexibility index (Phi) is 8.53. The van der Waals surface area contributed by atoms with Gasteiger partial charge in [0.2, 0.25) is 0 Å². The minimum Gasteiger partial charge on any atom is -0.300 e. The maximum absolute atomic E-state index is 12.4. The highest BCUT2D eigenvalue weighted by atomic mass is 19.3. The van der Waals surface area contributed by atoms with Crippen molar-refractivity contribution in [1.82, 2.24) is 4.90 Å². The third-order valence-corrected chi connectivity index (χ3v) is 1.22. The number of hydrogen-bond donors (Lipinski definition) is 0. The number of alkyl halides is 2. The third kappa shape index (κ3) is 14.7. The molecule has 0 rings (SSSR count). The number of nitrogens with zero attached hydrogens (tertiary/aromatic N) is 1. The van der Waals surface area contributed by atoms with E-state index in [0.29, 0.717) is 5.92 Å². The standard InChI is InChI=1S/C8H17F2N.C2H6/c1-7(2)5-11(4)6-8(3,9)10;1-2/h7H,5-6H2,1-4H3;1-2H3. The van der Waals surface area contributed by atoms with Crippen LogP contribution in [-0.4, -0.2) is 31.0 Å². The van der Waals surface area contributed by atoms with Gasteiger partial charge in [0, 0.05) is 13.5 Å². The first-order chi connectivity index (χ1) is 5.81. The van der Waals surface area contributed by atoms with Gasteiger partial charge < -0.3 is 4.90 Å². The molecule has 0 atom stereocenters. The van der Waals surface area contributed by atoms with Gasteiger partial charge in [-0.05, 0) is 13.0 Å². The molecule has 0 saturated heterocycles. The van der Waals surface area contributed by atoms with Crippen molar-refractivity contribution in [3.63, 3.8) is 0 Å². The van der Waals surface area contributed by atoms with Crippen LogP contribution >= 0.6 is 0 Å². The van der Waals surface area contributed by atoms with E-state index in [1.165, 1.54) is 0 Å². The van der Waals surface area contributed by atoms with Crippen LogP contribution in [0, 0.1) is 5.92 Å². The summed E-state index contributed by atoms with van der Waals surface area (Å²) in [6.07, 6.45) is 0. The van der Waals surface area contributed by atoms with E-state index in [4.69, 9.17) is 0 Å². The average Bonchev–Trinajstić information content (AvgIpc) is 1.85. The summed E-state index contributed by atoms with van der Waals surface area (Å²) in [6, 6.07) is 0. The molecule has 0 aromatic carbocycles. The fourth-order valence-electron chi connectivity index (χ4n) is 1.16. The van der Waals surface area contributed by atoms with Crippen LogP contribution in [0.2, 0.25) is 0 Å². The minimum atomic E-state index is -2.57. The minimum absolute atomic E-state index is 0.148. The van der Waals surface area contributed by atoms with Crippen molar-refractivity contribution in [2.75, 3.05) is 20.1 Å². The van der Waals surface area contributed by atoms with Crippen molar-refractivity contribution in [3.8, 4) is 0 Å². The Morgan fingerprint density at radius 3 is 1.85 bits per heavy atom. The zero-order valence-electron chi connectivity index (χ0n) is 9.69. The van der Waals surface area contributed by atoms with Crippen LogP contribution in [0.4, 0.5) is 8.78 Å². The van der Waals surface area contributed by atoms with E-state index in [1.54, 1.807) is 11.9 Å². The van der Waals surface area contributed by atoms with E-state index in [-0.39, 0.29) is 6.54 Å². The predicted octanol–water partition coefficient (Wildman–Crippen LogP) is 3.26. The van der Waals surface area contributed by atoms with Crippen LogP contribution in [0.5, 0.6) is 0 Å². The first kappa shape index (κ1) is 15.3. The molecule has 0 aliphatic heterocycles. The molecule has 82 valence electrons. The van der Waals surface area contributed by atoms with E-state index in [1.807, 2.05) is 27.7 Å². The van der Waals surface area contributed by atoms with Crippen molar-refractivity contribution in [2.24, 2.45) is 5.92 Å². The SMILES string of the molecule is CC.CC(C)CN(C)CC(C)(F)F. The second-order valence-corrected chi connectivity index (χ2v) is 3.66. The highest BCUT2D eigenvalue weighted by molar-refractivity contribution is 4.64. The Labute approximate surface area is 81.1 Å². The second kappa shape index (κ2) is 7.25. The topological polar surface area (TPSA) is 3.24 Å². The van der Waals surface area contributed by atoms with Crippen molar-refractivity contribution < 1.29 is 8.78 Å². The smallest absolute Gasteiger partial charge is 0.257 e. The van der Waals surface area contributed by atoms with Gasteiger partial charge in [-0.2, -0.15) is 0 Å². The largest absolute Gasteiger partial charge is 0.300 e. The van der Waals surface area contributed by atoms with Crippen LogP contribution in [0.1, 0.15) is 34.6 Å². The Balaban J connectivity index is 0. The molecule has 0 fully saturated rings. The second-order valence-electron chi connectivity index (χ2n) is 3.66. The van der Waals surface area contributed by atoms with Crippen LogP contribution in [0.25, 0.3) is 0 Å². The lowest BCUT2D eigenvalue weighted by Crippen LogP contribution is -2.34. The van der Waals surface area contributed by atoms with Gasteiger partial charge in [0.05, 0.1) is 6.54 Å². The zero-order valence-corrected chi connectivity index (χ0v) is 9.69. The summed E-state index contributed by atoms with van der Waals surface area (Å²) in [5, 5.41) is 0. The van der Waals surface area contributed by atoms with Crippen LogP contribution in [0.15, 0.2) is 0 Å². The van der Waals surface area contributed by atoms with Gasteiger partial charge in [0.15, 0.2) is 0 Å². The van der Waals surface area contributed by atoms with Gasteiger partial charge in [-0.15, -0.1) is 0 Å². The Morgan fingerprint density at radius 2 is 1.62 bits per heavy atom. The van der Waals surface area contributed by atoms with Crippen LogP contribution in [-0.2, 0) is 0 Å². The van der Waals surface area contributed by atoms with Crippen LogP contribution < -0.4 is 0 Å². The summed E-state index contributed by atoms with van der Waals surface area (Å²) in [7, 11) is 1.72. The lowest BCUT2D eigenvalue weighted by molar-refractivity contribution is -0.0100. The molecule has 0 heterocycles. The van der Waals surface area contributed by atoms with Crippen molar-refractivity contribution in [3.05, 3.63) is 0 Å². The van der Waals surface area contributed by atoms with Gasteiger partial charge in [-0.3, -0.25) is 0 Å². The van der Waals surface area contributed by atoms with E-state index in [9.17, 15) is 8.78 Å². The van der Waals surface area contributed by atoms with Crippen molar-refractivity contribution in [2.45, 2.75) is 40.5 Å². The molecule has 0 aliphatic carbocycles. The molecule has 0 aliphatic rings. The highest BCUT2D eigenvalue weighted by Gasteiger charge is 2.23.